The molecule has 4 nitrogen and oxygen atoms in total. The number of aromatic nitrogens is 2. The van der Waals surface area contributed by atoms with Crippen LogP contribution in [0.5, 0.6) is 0 Å². The highest BCUT2D eigenvalue weighted by molar-refractivity contribution is 5.79. The molecule has 0 saturated heterocycles. The van der Waals surface area contributed by atoms with Gasteiger partial charge in [-0.15, -0.1) is 0 Å². The van der Waals surface area contributed by atoms with E-state index in [9.17, 15) is 4.79 Å². The first-order valence-electron chi connectivity index (χ1n) is 8.02. The molecule has 0 unspecified atom stereocenters. The van der Waals surface area contributed by atoms with Crippen LogP contribution in [0.2, 0.25) is 0 Å². The summed E-state index contributed by atoms with van der Waals surface area (Å²) in [6.45, 7) is 8.65. The van der Waals surface area contributed by atoms with Gasteiger partial charge in [0.05, 0.1) is 23.1 Å². The van der Waals surface area contributed by atoms with Gasteiger partial charge < -0.3 is 9.72 Å². The van der Waals surface area contributed by atoms with Crippen LogP contribution in [0.15, 0.2) is 24.3 Å². The third-order valence-corrected chi connectivity index (χ3v) is 5.69. The second-order valence-electron chi connectivity index (χ2n) is 7.00. The van der Waals surface area contributed by atoms with E-state index >= 15 is 0 Å². The predicted octanol–water partition coefficient (Wildman–Crippen LogP) is 4.04. The molecule has 1 heterocycles. The molecule has 1 fully saturated rings. The van der Waals surface area contributed by atoms with Crippen LogP contribution < -0.4 is 0 Å². The van der Waals surface area contributed by atoms with Gasteiger partial charge in [-0.2, -0.15) is 0 Å². The number of imidazole rings is 1. The van der Waals surface area contributed by atoms with Crippen molar-refractivity contribution in [2.24, 2.45) is 10.8 Å². The van der Waals surface area contributed by atoms with Crippen LogP contribution in [-0.4, -0.2) is 22.5 Å². The van der Waals surface area contributed by atoms with Crippen molar-refractivity contribution in [2.75, 3.05) is 6.61 Å². The summed E-state index contributed by atoms with van der Waals surface area (Å²) >= 11 is 0. The van der Waals surface area contributed by atoms with E-state index in [0.29, 0.717) is 6.61 Å². The number of ether oxygens (including phenoxy) is 1. The number of H-pyrrole nitrogens is 1. The fraction of sp³-hybridized carbons (Fsp3) is 0.556. The number of rotatable bonds is 3. The van der Waals surface area contributed by atoms with Gasteiger partial charge in [0.25, 0.3) is 0 Å². The number of fused-ring (bicyclic) bond motifs is 1. The molecular formula is C18H24N2O2. The molecule has 3 rings (SSSR count). The monoisotopic (exact) mass is 300 g/mol. The maximum atomic E-state index is 12.5. The van der Waals surface area contributed by atoms with Gasteiger partial charge in [-0.05, 0) is 44.2 Å². The minimum atomic E-state index is -0.466. The third-order valence-electron chi connectivity index (χ3n) is 5.69. The molecule has 0 aliphatic heterocycles. The maximum Gasteiger partial charge on any atom is 0.312 e. The molecule has 1 aromatic carbocycles. The van der Waals surface area contributed by atoms with E-state index in [4.69, 9.17) is 9.72 Å². The van der Waals surface area contributed by atoms with Gasteiger partial charge in [0.2, 0.25) is 0 Å². The highest BCUT2D eigenvalue weighted by Crippen LogP contribution is 2.59. The number of hydrogen-bond donors (Lipinski definition) is 1. The number of carbonyl (C=O) groups is 1. The van der Waals surface area contributed by atoms with Crippen LogP contribution in [0.25, 0.3) is 11.0 Å². The minimum Gasteiger partial charge on any atom is -0.466 e. The SMILES string of the molecule is CCOC(=O)[C@]1(C)CC[C@H](c2nc3ccccc3[nH]2)C1(C)C. The van der Waals surface area contributed by atoms with Crippen LogP contribution in [0, 0.1) is 10.8 Å². The van der Waals surface area contributed by atoms with E-state index in [2.05, 4.69) is 18.8 Å². The van der Waals surface area contributed by atoms with Gasteiger partial charge in [-0.25, -0.2) is 4.98 Å². The highest BCUT2D eigenvalue weighted by Gasteiger charge is 2.57. The first kappa shape index (κ1) is 15.1. The Morgan fingerprint density at radius 1 is 1.36 bits per heavy atom. The zero-order chi connectivity index (χ0) is 16.0. The van der Waals surface area contributed by atoms with Crippen LogP contribution in [-0.2, 0) is 9.53 Å². The van der Waals surface area contributed by atoms with E-state index in [0.717, 1.165) is 29.7 Å². The largest absolute Gasteiger partial charge is 0.466 e. The molecule has 0 radical (unpaired) electrons. The summed E-state index contributed by atoms with van der Waals surface area (Å²) in [5.41, 5.74) is 1.37. The molecule has 2 aromatic rings. The normalized spacial score (nSPS) is 27.2. The minimum absolute atomic E-state index is 0.0846. The molecule has 22 heavy (non-hydrogen) atoms. The van der Waals surface area contributed by atoms with Crippen molar-refractivity contribution in [1.82, 2.24) is 9.97 Å². The molecule has 1 aromatic heterocycles. The Morgan fingerprint density at radius 2 is 2.09 bits per heavy atom. The number of benzene rings is 1. The number of nitrogens with zero attached hydrogens (tertiary/aromatic N) is 1. The summed E-state index contributed by atoms with van der Waals surface area (Å²) in [7, 11) is 0. The van der Waals surface area contributed by atoms with E-state index in [1.165, 1.54) is 0 Å². The van der Waals surface area contributed by atoms with Crippen LogP contribution in [0.4, 0.5) is 0 Å². The molecule has 1 aliphatic rings. The molecule has 1 saturated carbocycles. The first-order chi connectivity index (χ1) is 10.4. The second-order valence-corrected chi connectivity index (χ2v) is 7.00. The van der Waals surface area contributed by atoms with Crippen molar-refractivity contribution in [3.8, 4) is 0 Å². The Labute approximate surface area is 131 Å². The van der Waals surface area contributed by atoms with Gasteiger partial charge in [-0.3, -0.25) is 4.79 Å². The quantitative estimate of drug-likeness (QED) is 0.870. The average Bonchev–Trinajstić information content (AvgIpc) is 2.99. The van der Waals surface area contributed by atoms with E-state index in [1.807, 2.05) is 38.1 Å². The number of carbonyl (C=O) groups excluding carboxylic acids is 1. The zero-order valence-electron chi connectivity index (χ0n) is 13.8. The Hall–Kier alpha value is -1.84. The number of para-hydroxylation sites is 2. The van der Waals surface area contributed by atoms with E-state index in [1.54, 1.807) is 0 Å². The summed E-state index contributed by atoms with van der Waals surface area (Å²) in [5, 5.41) is 0. The molecule has 0 amide bonds. The summed E-state index contributed by atoms with van der Waals surface area (Å²) in [5.74, 6) is 1.13. The van der Waals surface area contributed by atoms with Gasteiger partial charge in [0.15, 0.2) is 0 Å². The fourth-order valence-corrected chi connectivity index (χ4v) is 3.77. The number of hydrogen-bond acceptors (Lipinski definition) is 3. The summed E-state index contributed by atoms with van der Waals surface area (Å²) in [6.07, 6.45) is 1.78. The molecule has 1 N–H and O–H groups in total. The fourth-order valence-electron chi connectivity index (χ4n) is 3.77. The number of esters is 1. The lowest BCUT2D eigenvalue weighted by molar-refractivity contribution is -0.160. The Balaban J connectivity index is 1.97. The van der Waals surface area contributed by atoms with Crippen molar-refractivity contribution in [3.63, 3.8) is 0 Å². The van der Waals surface area contributed by atoms with Crippen LogP contribution in [0.1, 0.15) is 52.3 Å². The lowest BCUT2D eigenvalue weighted by atomic mass is 9.65. The van der Waals surface area contributed by atoms with Crippen molar-refractivity contribution < 1.29 is 9.53 Å². The van der Waals surface area contributed by atoms with Gasteiger partial charge in [-0.1, -0.05) is 26.0 Å². The molecule has 1 aliphatic carbocycles. The van der Waals surface area contributed by atoms with Gasteiger partial charge in [0, 0.05) is 5.92 Å². The average molecular weight is 300 g/mol. The predicted molar refractivity (Wildman–Crippen MR) is 86.6 cm³/mol. The summed E-state index contributed by atoms with van der Waals surface area (Å²) < 4.78 is 5.34. The number of aromatic amines is 1. The third kappa shape index (κ3) is 2.04. The van der Waals surface area contributed by atoms with Crippen molar-refractivity contribution in [1.29, 1.82) is 0 Å². The summed E-state index contributed by atoms with van der Waals surface area (Å²) in [6, 6.07) is 8.06. The lowest BCUT2D eigenvalue weighted by Gasteiger charge is -2.39. The Morgan fingerprint density at radius 3 is 2.77 bits per heavy atom. The topological polar surface area (TPSA) is 55.0 Å². The van der Waals surface area contributed by atoms with E-state index in [-0.39, 0.29) is 17.3 Å². The van der Waals surface area contributed by atoms with Crippen LogP contribution in [0.3, 0.4) is 0 Å². The van der Waals surface area contributed by atoms with Crippen molar-refractivity contribution in [3.05, 3.63) is 30.1 Å². The number of nitrogens with one attached hydrogen (secondary N) is 1. The lowest BCUT2D eigenvalue weighted by Crippen LogP contribution is -2.41. The summed E-state index contributed by atoms with van der Waals surface area (Å²) in [4.78, 5) is 20.7. The Kier molecular flexibility index (Phi) is 3.50. The highest BCUT2D eigenvalue weighted by atomic mass is 16.5. The molecule has 0 bridgehead atoms. The van der Waals surface area contributed by atoms with E-state index < -0.39 is 5.41 Å². The van der Waals surface area contributed by atoms with Gasteiger partial charge >= 0.3 is 5.97 Å². The first-order valence-corrected chi connectivity index (χ1v) is 8.02. The zero-order valence-corrected chi connectivity index (χ0v) is 13.8. The standard InChI is InChI=1S/C18H24N2O2/c1-5-22-16(21)18(4)11-10-12(17(18,2)3)15-19-13-8-6-7-9-14(13)20-15/h6-9,12H,5,10-11H2,1-4H3,(H,19,20)/t12-,18+/m1/s1. The Bertz CT molecular complexity index is 671. The molecule has 4 heteroatoms. The smallest absolute Gasteiger partial charge is 0.312 e. The van der Waals surface area contributed by atoms with Crippen molar-refractivity contribution in [2.45, 2.75) is 46.5 Å². The molecule has 118 valence electrons. The molecule has 0 spiro atoms. The van der Waals surface area contributed by atoms with Crippen molar-refractivity contribution >= 4 is 17.0 Å². The maximum absolute atomic E-state index is 12.5. The van der Waals surface area contributed by atoms with Crippen LogP contribution >= 0.6 is 0 Å². The molecular weight excluding hydrogens is 276 g/mol. The second kappa shape index (κ2) is 5.11. The molecule has 2 atom stereocenters. The van der Waals surface area contributed by atoms with Gasteiger partial charge in [0.1, 0.15) is 5.82 Å².